The highest BCUT2D eigenvalue weighted by molar-refractivity contribution is 6.99. The summed E-state index contributed by atoms with van der Waals surface area (Å²) in [5, 5.41) is 1.72. The van der Waals surface area contributed by atoms with Crippen molar-refractivity contribution in [3.8, 4) is 0 Å². The predicted octanol–water partition coefficient (Wildman–Crippen LogP) is 6.96. The number of esters is 1. The molecular weight excluding hydrogens is 683 g/mol. The van der Waals surface area contributed by atoms with Crippen LogP contribution in [0.2, 0.25) is 5.04 Å². The van der Waals surface area contributed by atoms with Crippen LogP contribution in [0.5, 0.6) is 0 Å². The summed E-state index contributed by atoms with van der Waals surface area (Å²) in [4.78, 5) is 42.4. The quantitative estimate of drug-likeness (QED) is 0.0736. The Kier molecular flexibility index (Phi) is 12.0. The SMILES string of the molecule is CC(C)(C)[Si](OCC1[C@@H](OCc2ccccc2)[C@H](OC(=O)c2ccccc2)[C@@H](C=O)N1C(=O)OCc1ccccc1)(c1ccccc1)c1ccccc1. The number of benzene rings is 5. The van der Waals surface area contributed by atoms with Gasteiger partial charge in [-0.1, -0.05) is 160 Å². The minimum Gasteiger partial charge on any atom is -0.453 e. The van der Waals surface area contributed by atoms with Crippen LogP contribution < -0.4 is 10.4 Å². The van der Waals surface area contributed by atoms with Crippen LogP contribution in [-0.4, -0.2) is 62.5 Å². The third-order valence-corrected chi connectivity index (χ3v) is 14.7. The van der Waals surface area contributed by atoms with Crippen molar-refractivity contribution in [2.75, 3.05) is 6.61 Å². The topological polar surface area (TPSA) is 91.4 Å². The molecule has 53 heavy (non-hydrogen) atoms. The minimum atomic E-state index is -3.14. The van der Waals surface area contributed by atoms with E-state index in [1.165, 1.54) is 4.90 Å². The zero-order valence-electron chi connectivity index (χ0n) is 30.2. The molecule has 1 amide bonds. The highest BCUT2D eigenvalue weighted by atomic mass is 28.4. The molecule has 6 rings (SSSR count). The number of carbonyl (C=O) groups excluding carboxylic acids is 3. The Bertz CT molecular complexity index is 1880. The smallest absolute Gasteiger partial charge is 0.411 e. The van der Waals surface area contributed by atoms with Gasteiger partial charge in [-0.05, 0) is 38.7 Å². The number of amides is 1. The van der Waals surface area contributed by atoms with Crippen molar-refractivity contribution in [2.45, 2.75) is 63.3 Å². The molecule has 1 heterocycles. The van der Waals surface area contributed by atoms with Crippen LogP contribution in [-0.2, 0) is 36.6 Å². The van der Waals surface area contributed by atoms with E-state index >= 15 is 0 Å². The van der Waals surface area contributed by atoms with Gasteiger partial charge in [-0.25, -0.2) is 9.59 Å². The fourth-order valence-electron chi connectivity index (χ4n) is 7.17. The average molecular weight is 728 g/mol. The molecule has 1 fully saturated rings. The van der Waals surface area contributed by atoms with E-state index in [-0.39, 0.29) is 24.9 Å². The van der Waals surface area contributed by atoms with Crippen LogP contribution in [0, 0.1) is 0 Å². The largest absolute Gasteiger partial charge is 0.453 e. The van der Waals surface area contributed by atoms with Crippen molar-refractivity contribution in [3.63, 3.8) is 0 Å². The molecular formula is C44H45NO7Si. The van der Waals surface area contributed by atoms with E-state index in [9.17, 15) is 14.4 Å². The van der Waals surface area contributed by atoms with Crippen molar-refractivity contribution < 1.29 is 33.0 Å². The van der Waals surface area contributed by atoms with E-state index in [1.807, 2.05) is 97.1 Å². The molecule has 1 unspecified atom stereocenters. The van der Waals surface area contributed by atoms with Crippen molar-refractivity contribution in [3.05, 3.63) is 168 Å². The van der Waals surface area contributed by atoms with Crippen LogP contribution in [0.3, 0.4) is 0 Å². The molecule has 0 aliphatic carbocycles. The van der Waals surface area contributed by atoms with E-state index < -0.39 is 44.7 Å². The molecule has 8 nitrogen and oxygen atoms in total. The fraction of sp³-hybridized carbons (Fsp3) is 0.250. The zero-order valence-corrected chi connectivity index (χ0v) is 31.2. The second-order valence-corrected chi connectivity index (χ2v) is 18.4. The number of carbonyl (C=O) groups is 3. The number of hydrogen-bond acceptors (Lipinski definition) is 7. The van der Waals surface area contributed by atoms with Crippen LogP contribution in [0.15, 0.2) is 152 Å². The second-order valence-electron chi connectivity index (χ2n) is 14.1. The Balaban J connectivity index is 1.44. The number of ether oxygens (including phenoxy) is 3. The maximum Gasteiger partial charge on any atom is 0.411 e. The number of aldehydes is 1. The fourth-order valence-corrected chi connectivity index (χ4v) is 11.7. The predicted molar refractivity (Wildman–Crippen MR) is 206 cm³/mol. The highest BCUT2D eigenvalue weighted by Crippen LogP contribution is 2.39. The van der Waals surface area contributed by atoms with E-state index in [4.69, 9.17) is 18.6 Å². The molecule has 272 valence electrons. The van der Waals surface area contributed by atoms with Gasteiger partial charge in [-0.15, -0.1) is 0 Å². The maximum absolute atomic E-state index is 14.3. The Morgan fingerprint density at radius 2 is 1.13 bits per heavy atom. The first kappa shape index (κ1) is 37.4. The Labute approximate surface area is 312 Å². The third kappa shape index (κ3) is 8.33. The van der Waals surface area contributed by atoms with Gasteiger partial charge >= 0.3 is 12.1 Å². The number of nitrogens with zero attached hydrogens (tertiary/aromatic N) is 1. The van der Waals surface area contributed by atoms with Crippen LogP contribution >= 0.6 is 0 Å². The van der Waals surface area contributed by atoms with E-state index in [0.717, 1.165) is 21.5 Å². The Morgan fingerprint density at radius 1 is 0.660 bits per heavy atom. The molecule has 1 saturated heterocycles. The molecule has 0 radical (unpaired) electrons. The van der Waals surface area contributed by atoms with Gasteiger partial charge < -0.3 is 23.4 Å². The lowest BCUT2D eigenvalue weighted by molar-refractivity contribution is -0.115. The lowest BCUT2D eigenvalue weighted by Crippen LogP contribution is -2.67. The summed E-state index contributed by atoms with van der Waals surface area (Å²) in [5.41, 5.74) is 1.97. The summed E-state index contributed by atoms with van der Waals surface area (Å²) in [6, 6.07) is 45.7. The van der Waals surface area contributed by atoms with Gasteiger partial charge in [0.2, 0.25) is 0 Å². The molecule has 5 aromatic rings. The van der Waals surface area contributed by atoms with Gasteiger partial charge in [-0.3, -0.25) is 4.90 Å². The summed E-state index contributed by atoms with van der Waals surface area (Å²) in [5.74, 6) is -0.637. The van der Waals surface area contributed by atoms with E-state index in [1.54, 1.807) is 30.3 Å². The van der Waals surface area contributed by atoms with Crippen molar-refractivity contribution in [2.24, 2.45) is 0 Å². The first-order valence-corrected chi connectivity index (χ1v) is 19.7. The molecule has 0 bridgehead atoms. The summed E-state index contributed by atoms with van der Waals surface area (Å²) in [6.45, 7) is 6.59. The number of likely N-dealkylation sites (tertiary alicyclic amines) is 1. The van der Waals surface area contributed by atoms with E-state index in [2.05, 4.69) is 45.0 Å². The first-order valence-electron chi connectivity index (χ1n) is 17.8. The van der Waals surface area contributed by atoms with Gasteiger partial charge in [-0.2, -0.15) is 0 Å². The summed E-state index contributed by atoms with van der Waals surface area (Å²) >= 11 is 0. The van der Waals surface area contributed by atoms with Gasteiger partial charge in [0.1, 0.15) is 25.0 Å². The van der Waals surface area contributed by atoms with Crippen molar-refractivity contribution in [1.29, 1.82) is 0 Å². The summed E-state index contributed by atoms with van der Waals surface area (Å²) in [6.07, 6.45) is -2.23. The lowest BCUT2D eigenvalue weighted by atomic mass is 10.1. The molecule has 1 aliphatic rings. The molecule has 9 heteroatoms. The molecule has 4 atom stereocenters. The Hall–Kier alpha value is -5.35. The molecule has 0 aromatic heterocycles. The number of rotatable bonds is 13. The van der Waals surface area contributed by atoms with Gasteiger partial charge in [0.15, 0.2) is 6.10 Å². The van der Waals surface area contributed by atoms with Gasteiger partial charge in [0.05, 0.1) is 24.8 Å². The monoisotopic (exact) mass is 727 g/mol. The minimum absolute atomic E-state index is 0.0198. The standard InChI is InChI=1S/C44H45NO7Si/c1-44(2,3)53(36-25-15-7-16-26-36,37-27-17-8-18-28-37)51-32-39-40(49-30-33-19-9-4-10-20-33)41(52-42(47)35-23-13-6-14-24-35)38(29-46)45(39)43(48)50-31-34-21-11-5-12-22-34/h4-29,38-41H,30-32H2,1-3H3/t38-,39?,40-,41-/m1/s1. The second kappa shape index (κ2) is 17.0. The van der Waals surface area contributed by atoms with Gasteiger partial charge in [0.25, 0.3) is 8.32 Å². The summed E-state index contributed by atoms with van der Waals surface area (Å²) < 4.78 is 26.0. The highest BCUT2D eigenvalue weighted by Gasteiger charge is 2.57. The average Bonchev–Trinajstić information content (AvgIpc) is 3.49. The molecule has 0 spiro atoms. The normalized spacial score (nSPS) is 18.7. The Morgan fingerprint density at radius 3 is 1.62 bits per heavy atom. The molecule has 1 aliphatic heterocycles. The third-order valence-electron chi connectivity index (χ3n) is 9.70. The lowest BCUT2D eigenvalue weighted by Gasteiger charge is -2.44. The van der Waals surface area contributed by atoms with Crippen molar-refractivity contribution in [1.82, 2.24) is 4.90 Å². The molecule has 0 saturated carbocycles. The van der Waals surface area contributed by atoms with Crippen LogP contribution in [0.25, 0.3) is 0 Å². The molecule has 5 aromatic carbocycles. The van der Waals surface area contributed by atoms with Crippen LogP contribution in [0.4, 0.5) is 4.79 Å². The van der Waals surface area contributed by atoms with Gasteiger partial charge in [0, 0.05) is 0 Å². The van der Waals surface area contributed by atoms with Crippen LogP contribution in [0.1, 0.15) is 42.3 Å². The van der Waals surface area contributed by atoms with Crippen molar-refractivity contribution >= 4 is 37.0 Å². The van der Waals surface area contributed by atoms with E-state index in [0.29, 0.717) is 11.8 Å². The first-order chi connectivity index (χ1) is 25.7. The molecule has 0 N–H and O–H groups in total. The maximum atomic E-state index is 14.3. The summed E-state index contributed by atoms with van der Waals surface area (Å²) in [7, 11) is -3.14. The number of hydrogen-bond donors (Lipinski definition) is 0. The zero-order chi connectivity index (χ0) is 37.3.